The molecule has 0 atom stereocenters. The van der Waals surface area contributed by atoms with Gasteiger partial charge in [-0.2, -0.15) is 0 Å². The molecule has 20 heavy (non-hydrogen) atoms. The highest BCUT2D eigenvalue weighted by Crippen LogP contribution is 2.36. The summed E-state index contributed by atoms with van der Waals surface area (Å²) in [6, 6.07) is 5.84. The molecule has 0 aliphatic carbocycles. The standard InChI is InChI=1S/C15H18BNO3/c1-14(2)15(3,4)20-16(19-14)13-9-12(10-18-13)11-5-7-17-8-6-11/h5-10H,1-4H3. The van der Waals surface area contributed by atoms with Crippen molar-refractivity contribution in [1.29, 1.82) is 0 Å². The Balaban J connectivity index is 1.86. The summed E-state index contributed by atoms with van der Waals surface area (Å²) in [6.45, 7) is 8.11. The van der Waals surface area contributed by atoms with Gasteiger partial charge in [-0.15, -0.1) is 0 Å². The van der Waals surface area contributed by atoms with Crippen LogP contribution >= 0.6 is 0 Å². The molecule has 0 radical (unpaired) electrons. The highest BCUT2D eigenvalue weighted by molar-refractivity contribution is 6.60. The Morgan fingerprint density at radius 3 is 2.15 bits per heavy atom. The topological polar surface area (TPSA) is 44.5 Å². The highest BCUT2D eigenvalue weighted by atomic mass is 16.7. The van der Waals surface area contributed by atoms with Crippen LogP contribution in [0.4, 0.5) is 0 Å². The first-order chi connectivity index (χ1) is 9.39. The lowest BCUT2D eigenvalue weighted by Gasteiger charge is -2.32. The van der Waals surface area contributed by atoms with Gasteiger partial charge in [-0.05, 0) is 51.5 Å². The van der Waals surface area contributed by atoms with Gasteiger partial charge in [0.2, 0.25) is 0 Å². The maximum Gasteiger partial charge on any atom is 0.532 e. The average Bonchev–Trinajstić information content (AvgIpc) is 2.94. The fourth-order valence-electron chi connectivity index (χ4n) is 2.13. The minimum Gasteiger partial charge on any atom is -0.472 e. The van der Waals surface area contributed by atoms with Crippen molar-refractivity contribution in [3.63, 3.8) is 0 Å². The fourth-order valence-corrected chi connectivity index (χ4v) is 2.13. The van der Waals surface area contributed by atoms with Gasteiger partial charge in [0.1, 0.15) is 5.66 Å². The van der Waals surface area contributed by atoms with Crippen LogP contribution in [0.15, 0.2) is 41.3 Å². The van der Waals surface area contributed by atoms with E-state index in [2.05, 4.69) is 4.98 Å². The van der Waals surface area contributed by atoms with Crippen LogP contribution in [0.2, 0.25) is 0 Å². The summed E-state index contributed by atoms with van der Waals surface area (Å²) in [4.78, 5) is 4.01. The van der Waals surface area contributed by atoms with Crippen LogP contribution in [0.25, 0.3) is 11.1 Å². The molecule has 0 saturated carbocycles. The Kier molecular flexibility index (Phi) is 2.99. The molecular weight excluding hydrogens is 253 g/mol. The van der Waals surface area contributed by atoms with Crippen molar-refractivity contribution >= 4 is 12.8 Å². The molecule has 0 spiro atoms. The molecule has 0 N–H and O–H groups in total. The van der Waals surface area contributed by atoms with E-state index in [0.29, 0.717) is 5.66 Å². The Bertz CT molecular complexity index is 591. The second-order valence-corrected chi connectivity index (χ2v) is 6.06. The van der Waals surface area contributed by atoms with Crippen molar-refractivity contribution < 1.29 is 13.7 Å². The van der Waals surface area contributed by atoms with E-state index in [9.17, 15) is 0 Å². The van der Waals surface area contributed by atoms with Crippen molar-refractivity contribution in [2.24, 2.45) is 0 Å². The maximum atomic E-state index is 5.97. The summed E-state index contributed by atoms with van der Waals surface area (Å²) < 4.78 is 17.6. The van der Waals surface area contributed by atoms with Gasteiger partial charge in [-0.3, -0.25) is 4.98 Å². The SMILES string of the molecule is CC1(C)OB(c2cc(-c3ccncc3)co2)OC1(C)C. The zero-order valence-corrected chi connectivity index (χ0v) is 12.2. The molecule has 4 nitrogen and oxygen atoms in total. The van der Waals surface area contributed by atoms with E-state index in [1.54, 1.807) is 18.7 Å². The Labute approximate surface area is 119 Å². The Morgan fingerprint density at radius 1 is 0.950 bits per heavy atom. The van der Waals surface area contributed by atoms with Gasteiger partial charge < -0.3 is 13.7 Å². The van der Waals surface area contributed by atoms with Crippen molar-refractivity contribution in [3.8, 4) is 11.1 Å². The molecule has 1 fully saturated rings. The fraction of sp³-hybridized carbons (Fsp3) is 0.400. The minimum atomic E-state index is -0.462. The van der Waals surface area contributed by atoms with Crippen LogP contribution in [-0.2, 0) is 9.31 Å². The van der Waals surface area contributed by atoms with E-state index in [4.69, 9.17) is 13.7 Å². The number of rotatable bonds is 2. The zero-order valence-electron chi connectivity index (χ0n) is 12.2. The van der Waals surface area contributed by atoms with Crippen LogP contribution in [0.5, 0.6) is 0 Å². The molecule has 3 rings (SSSR count). The monoisotopic (exact) mass is 271 g/mol. The number of furan rings is 1. The highest BCUT2D eigenvalue weighted by Gasteiger charge is 2.53. The molecule has 0 unspecified atom stereocenters. The molecule has 1 saturated heterocycles. The lowest BCUT2D eigenvalue weighted by molar-refractivity contribution is 0.00578. The summed E-state index contributed by atoms with van der Waals surface area (Å²) in [5.74, 6) is 0. The van der Waals surface area contributed by atoms with E-state index in [1.165, 1.54) is 0 Å². The quantitative estimate of drug-likeness (QED) is 0.787. The van der Waals surface area contributed by atoms with Crippen LogP contribution in [0.1, 0.15) is 27.7 Å². The second kappa shape index (κ2) is 4.47. The van der Waals surface area contributed by atoms with Gasteiger partial charge in [-0.1, -0.05) is 0 Å². The van der Waals surface area contributed by atoms with Crippen LogP contribution in [0, 0.1) is 0 Å². The molecule has 0 bridgehead atoms. The first-order valence-corrected chi connectivity index (χ1v) is 6.73. The zero-order chi connectivity index (χ0) is 14.4. The van der Waals surface area contributed by atoms with Gasteiger partial charge in [0, 0.05) is 18.0 Å². The molecular formula is C15H18BNO3. The number of hydrogen-bond donors (Lipinski definition) is 0. The largest absolute Gasteiger partial charge is 0.532 e. The summed E-state index contributed by atoms with van der Waals surface area (Å²) in [5.41, 5.74) is 2.03. The van der Waals surface area contributed by atoms with Gasteiger partial charge in [0.15, 0.2) is 0 Å². The number of pyridine rings is 1. The van der Waals surface area contributed by atoms with Crippen molar-refractivity contribution in [1.82, 2.24) is 4.98 Å². The molecule has 1 aliphatic rings. The van der Waals surface area contributed by atoms with E-state index in [1.807, 2.05) is 45.9 Å². The molecule has 2 aromatic rings. The van der Waals surface area contributed by atoms with Crippen LogP contribution < -0.4 is 5.66 Å². The predicted molar refractivity (Wildman–Crippen MR) is 77.7 cm³/mol. The van der Waals surface area contributed by atoms with Gasteiger partial charge in [0.05, 0.1) is 17.5 Å². The normalized spacial score (nSPS) is 20.3. The Morgan fingerprint density at radius 2 is 1.55 bits per heavy atom. The molecule has 2 aromatic heterocycles. The van der Waals surface area contributed by atoms with Gasteiger partial charge in [0.25, 0.3) is 0 Å². The molecule has 104 valence electrons. The first-order valence-electron chi connectivity index (χ1n) is 6.73. The first kappa shape index (κ1) is 13.4. The number of hydrogen-bond acceptors (Lipinski definition) is 4. The van der Waals surface area contributed by atoms with Crippen molar-refractivity contribution in [2.75, 3.05) is 0 Å². The smallest absolute Gasteiger partial charge is 0.472 e. The maximum absolute atomic E-state index is 5.97. The third-order valence-corrected chi connectivity index (χ3v) is 4.12. The summed E-state index contributed by atoms with van der Waals surface area (Å²) in [5, 5.41) is 0. The number of nitrogens with zero attached hydrogens (tertiary/aromatic N) is 1. The van der Waals surface area contributed by atoms with E-state index in [-0.39, 0.29) is 11.2 Å². The molecule has 0 aromatic carbocycles. The van der Waals surface area contributed by atoms with Crippen molar-refractivity contribution in [2.45, 2.75) is 38.9 Å². The van der Waals surface area contributed by atoms with E-state index in [0.717, 1.165) is 11.1 Å². The average molecular weight is 271 g/mol. The predicted octanol–water partition coefficient (Wildman–Crippen LogP) is 2.64. The lowest BCUT2D eigenvalue weighted by Crippen LogP contribution is -2.41. The van der Waals surface area contributed by atoms with E-state index >= 15 is 0 Å². The van der Waals surface area contributed by atoms with E-state index < -0.39 is 7.12 Å². The van der Waals surface area contributed by atoms with Crippen LogP contribution in [0.3, 0.4) is 0 Å². The molecule has 1 aliphatic heterocycles. The summed E-state index contributed by atoms with van der Waals surface area (Å²) in [6.07, 6.45) is 5.24. The second-order valence-electron chi connectivity index (χ2n) is 6.06. The Hall–Kier alpha value is -1.59. The van der Waals surface area contributed by atoms with Crippen molar-refractivity contribution in [3.05, 3.63) is 36.9 Å². The minimum absolute atomic E-state index is 0.360. The molecule has 5 heteroatoms. The third kappa shape index (κ3) is 2.17. The molecule has 0 amide bonds. The van der Waals surface area contributed by atoms with Gasteiger partial charge in [-0.25, -0.2) is 0 Å². The molecule has 3 heterocycles. The lowest BCUT2D eigenvalue weighted by atomic mass is 9.85. The van der Waals surface area contributed by atoms with Gasteiger partial charge >= 0.3 is 7.12 Å². The summed E-state index contributed by atoms with van der Waals surface area (Å²) >= 11 is 0. The van der Waals surface area contributed by atoms with Crippen LogP contribution in [-0.4, -0.2) is 23.3 Å². The summed E-state index contributed by atoms with van der Waals surface area (Å²) in [7, 11) is -0.462. The third-order valence-electron chi connectivity index (χ3n) is 4.12. The number of aromatic nitrogens is 1.